The van der Waals surface area contributed by atoms with Crippen molar-refractivity contribution in [2.75, 3.05) is 5.32 Å². The Balaban J connectivity index is 2.23. The summed E-state index contributed by atoms with van der Waals surface area (Å²) in [5.41, 5.74) is 6.17. The Hall–Kier alpha value is -2.34. The maximum Gasteiger partial charge on any atom is 0.256 e. The standard InChI is InChI=1S/C13H11F2N3O/c14-10-4-3-8(6-11(10)15)13(19)18-12-9(7-16)2-1-5-17-12/h1-6H,7,16H2,(H,17,18,19). The van der Waals surface area contributed by atoms with Gasteiger partial charge in [-0.15, -0.1) is 0 Å². The summed E-state index contributed by atoms with van der Waals surface area (Å²) in [6.45, 7) is 0.210. The van der Waals surface area contributed by atoms with Crippen LogP contribution in [0, 0.1) is 11.6 Å². The Morgan fingerprint density at radius 2 is 2.05 bits per heavy atom. The topological polar surface area (TPSA) is 68.0 Å². The molecule has 0 radical (unpaired) electrons. The van der Waals surface area contributed by atoms with Gasteiger partial charge < -0.3 is 11.1 Å². The molecule has 4 nitrogen and oxygen atoms in total. The van der Waals surface area contributed by atoms with Crippen LogP contribution in [0.5, 0.6) is 0 Å². The zero-order valence-electron chi connectivity index (χ0n) is 9.86. The van der Waals surface area contributed by atoms with Crippen molar-refractivity contribution in [2.24, 2.45) is 5.73 Å². The smallest absolute Gasteiger partial charge is 0.256 e. The lowest BCUT2D eigenvalue weighted by Gasteiger charge is -2.08. The highest BCUT2D eigenvalue weighted by Crippen LogP contribution is 2.14. The summed E-state index contributed by atoms with van der Waals surface area (Å²) in [5.74, 6) is -2.35. The number of nitrogens with zero attached hydrogens (tertiary/aromatic N) is 1. The molecular formula is C13H11F2N3O. The number of benzene rings is 1. The highest BCUT2D eigenvalue weighted by Gasteiger charge is 2.12. The Kier molecular flexibility index (Phi) is 3.82. The first-order chi connectivity index (χ1) is 9.11. The first-order valence-electron chi connectivity index (χ1n) is 5.52. The molecule has 19 heavy (non-hydrogen) atoms. The maximum absolute atomic E-state index is 13.0. The van der Waals surface area contributed by atoms with Crippen LogP contribution in [0.4, 0.5) is 14.6 Å². The minimum atomic E-state index is -1.08. The van der Waals surface area contributed by atoms with Crippen LogP contribution in [0.2, 0.25) is 0 Å². The van der Waals surface area contributed by atoms with E-state index in [1.807, 2.05) is 0 Å². The van der Waals surface area contributed by atoms with Gasteiger partial charge in [-0.2, -0.15) is 0 Å². The molecule has 1 amide bonds. The second kappa shape index (κ2) is 5.53. The molecule has 2 rings (SSSR count). The molecule has 98 valence electrons. The van der Waals surface area contributed by atoms with Gasteiger partial charge in [-0.05, 0) is 24.3 Å². The molecule has 0 saturated carbocycles. The predicted molar refractivity (Wildman–Crippen MR) is 66.4 cm³/mol. The number of nitrogens with two attached hydrogens (primary N) is 1. The predicted octanol–water partition coefficient (Wildman–Crippen LogP) is 2.07. The van der Waals surface area contributed by atoms with Gasteiger partial charge in [0.05, 0.1) is 0 Å². The van der Waals surface area contributed by atoms with Crippen molar-refractivity contribution in [3.8, 4) is 0 Å². The molecule has 1 heterocycles. The van der Waals surface area contributed by atoms with E-state index in [1.54, 1.807) is 12.1 Å². The maximum atomic E-state index is 13.0. The third-order valence-electron chi connectivity index (χ3n) is 2.52. The number of halogens is 2. The van der Waals surface area contributed by atoms with Crippen molar-refractivity contribution < 1.29 is 13.6 Å². The fraction of sp³-hybridized carbons (Fsp3) is 0.0769. The summed E-state index contributed by atoms with van der Waals surface area (Å²) < 4.78 is 25.8. The summed E-state index contributed by atoms with van der Waals surface area (Å²) in [6, 6.07) is 6.32. The van der Waals surface area contributed by atoms with Crippen LogP contribution in [0.25, 0.3) is 0 Å². The second-order valence-electron chi connectivity index (χ2n) is 3.80. The normalized spacial score (nSPS) is 10.3. The SMILES string of the molecule is NCc1cccnc1NC(=O)c1ccc(F)c(F)c1. The minimum Gasteiger partial charge on any atom is -0.326 e. The van der Waals surface area contributed by atoms with Gasteiger partial charge in [0.1, 0.15) is 5.82 Å². The summed E-state index contributed by atoms with van der Waals surface area (Å²) in [6.07, 6.45) is 1.50. The lowest BCUT2D eigenvalue weighted by molar-refractivity contribution is 0.102. The number of anilines is 1. The zero-order valence-corrected chi connectivity index (χ0v) is 9.86. The van der Waals surface area contributed by atoms with E-state index in [9.17, 15) is 13.6 Å². The van der Waals surface area contributed by atoms with E-state index >= 15 is 0 Å². The van der Waals surface area contributed by atoms with Crippen molar-refractivity contribution in [3.63, 3.8) is 0 Å². The number of aromatic nitrogens is 1. The van der Waals surface area contributed by atoms with E-state index in [1.165, 1.54) is 12.3 Å². The molecule has 2 aromatic rings. The van der Waals surface area contributed by atoms with Crippen molar-refractivity contribution in [1.29, 1.82) is 0 Å². The van der Waals surface area contributed by atoms with Gasteiger partial charge in [0, 0.05) is 23.9 Å². The van der Waals surface area contributed by atoms with Crippen LogP contribution < -0.4 is 11.1 Å². The lowest BCUT2D eigenvalue weighted by atomic mass is 10.2. The highest BCUT2D eigenvalue weighted by molar-refractivity contribution is 6.04. The van der Waals surface area contributed by atoms with Gasteiger partial charge in [0.25, 0.3) is 5.91 Å². The van der Waals surface area contributed by atoms with E-state index in [4.69, 9.17) is 5.73 Å². The first kappa shape index (κ1) is 13.1. The van der Waals surface area contributed by atoms with Gasteiger partial charge in [-0.25, -0.2) is 13.8 Å². The van der Waals surface area contributed by atoms with Gasteiger partial charge in [0.15, 0.2) is 11.6 Å². The highest BCUT2D eigenvalue weighted by atomic mass is 19.2. The zero-order chi connectivity index (χ0) is 13.8. The number of nitrogens with one attached hydrogen (secondary N) is 1. The number of rotatable bonds is 3. The van der Waals surface area contributed by atoms with E-state index < -0.39 is 17.5 Å². The Bertz CT molecular complexity index is 617. The quantitative estimate of drug-likeness (QED) is 0.890. The van der Waals surface area contributed by atoms with Gasteiger partial charge in [0.2, 0.25) is 0 Å². The molecule has 0 saturated heterocycles. The number of amides is 1. The van der Waals surface area contributed by atoms with Crippen molar-refractivity contribution in [3.05, 3.63) is 59.3 Å². The third-order valence-corrected chi connectivity index (χ3v) is 2.52. The molecule has 0 aliphatic rings. The molecule has 0 spiro atoms. The monoisotopic (exact) mass is 263 g/mol. The molecule has 0 fully saturated rings. The summed E-state index contributed by atoms with van der Waals surface area (Å²) >= 11 is 0. The molecule has 1 aromatic heterocycles. The molecule has 3 N–H and O–H groups in total. The van der Waals surface area contributed by atoms with Crippen molar-refractivity contribution >= 4 is 11.7 Å². The molecule has 0 unspecified atom stereocenters. The molecule has 6 heteroatoms. The van der Waals surface area contributed by atoms with Gasteiger partial charge >= 0.3 is 0 Å². The molecule has 0 atom stereocenters. The largest absolute Gasteiger partial charge is 0.326 e. The minimum absolute atomic E-state index is 0.00697. The number of hydrogen-bond donors (Lipinski definition) is 2. The Morgan fingerprint density at radius 3 is 2.74 bits per heavy atom. The number of carbonyl (C=O) groups is 1. The van der Waals surface area contributed by atoms with Crippen LogP contribution >= 0.6 is 0 Å². The Morgan fingerprint density at radius 1 is 1.26 bits per heavy atom. The van der Waals surface area contributed by atoms with Gasteiger partial charge in [-0.3, -0.25) is 4.79 Å². The van der Waals surface area contributed by atoms with Crippen LogP contribution in [0.1, 0.15) is 15.9 Å². The van der Waals surface area contributed by atoms with E-state index in [0.29, 0.717) is 11.4 Å². The number of carbonyl (C=O) groups excluding carboxylic acids is 1. The second-order valence-corrected chi connectivity index (χ2v) is 3.80. The summed E-state index contributed by atoms with van der Waals surface area (Å²) in [4.78, 5) is 15.8. The van der Waals surface area contributed by atoms with Crippen LogP contribution in [-0.4, -0.2) is 10.9 Å². The van der Waals surface area contributed by atoms with Crippen LogP contribution in [-0.2, 0) is 6.54 Å². The molecule has 0 aliphatic heterocycles. The summed E-state index contributed by atoms with van der Waals surface area (Å²) in [5, 5.41) is 2.51. The average Bonchev–Trinajstić information content (AvgIpc) is 2.42. The number of pyridine rings is 1. The molecule has 1 aromatic carbocycles. The average molecular weight is 263 g/mol. The fourth-order valence-electron chi connectivity index (χ4n) is 1.53. The first-order valence-corrected chi connectivity index (χ1v) is 5.52. The fourth-order valence-corrected chi connectivity index (χ4v) is 1.53. The summed E-state index contributed by atoms with van der Waals surface area (Å²) in [7, 11) is 0. The van der Waals surface area contributed by atoms with E-state index in [2.05, 4.69) is 10.3 Å². The molecule has 0 aliphatic carbocycles. The van der Waals surface area contributed by atoms with Crippen molar-refractivity contribution in [2.45, 2.75) is 6.54 Å². The lowest BCUT2D eigenvalue weighted by Crippen LogP contribution is -2.15. The van der Waals surface area contributed by atoms with Crippen LogP contribution in [0.15, 0.2) is 36.5 Å². The van der Waals surface area contributed by atoms with Gasteiger partial charge in [-0.1, -0.05) is 6.07 Å². The number of hydrogen-bond acceptors (Lipinski definition) is 3. The molecule has 0 bridgehead atoms. The van der Waals surface area contributed by atoms with E-state index in [0.717, 1.165) is 12.1 Å². The molecular weight excluding hydrogens is 252 g/mol. The van der Waals surface area contributed by atoms with Crippen LogP contribution in [0.3, 0.4) is 0 Å². The Labute approximate surface area is 108 Å². The van der Waals surface area contributed by atoms with Crippen molar-refractivity contribution in [1.82, 2.24) is 4.98 Å². The van der Waals surface area contributed by atoms with E-state index in [-0.39, 0.29) is 12.1 Å². The third kappa shape index (κ3) is 2.92.